The molecule has 0 unspecified atom stereocenters. The summed E-state index contributed by atoms with van der Waals surface area (Å²) in [6.07, 6.45) is 7.05. The number of ether oxygens (including phenoxy) is 1. The van der Waals surface area contributed by atoms with Crippen LogP contribution in [-0.2, 0) is 4.74 Å². The zero-order valence-corrected chi connectivity index (χ0v) is 16.4. The third-order valence-corrected chi connectivity index (χ3v) is 5.60. The maximum atomic E-state index is 12.5. The fourth-order valence-electron chi connectivity index (χ4n) is 3.77. The van der Waals surface area contributed by atoms with E-state index in [0.717, 1.165) is 69.5 Å². The summed E-state index contributed by atoms with van der Waals surface area (Å²) in [5.41, 5.74) is 1.95. The first-order chi connectivity index (χ1) is 12.1. The molecule has 25 heavy (non-hydrogen) atoms. The van der Waals surface area contributed by atoms with E-state index in [1.807, 2.05) is 31.2 Å². The normalized spacial score (nSPS) is 17.6. The minimum absolute atomic E-state index is 0.00709. The van der Waals surface area contributed by atoms with Crippen LogP contribution in [0.25, 0.3) is 0 Å². The fraction of sp³-hybridized carbons (Fsp3) is 0.682. The minimum atomic E-state index is -0.00709. The number of carbonyl (C=O) groups excluding carboxylic acids is 1. The van der Waals surface area contributed by atoms with Gasteiger partial charge in [-0.3, -0.25) is 4.79 Å². The number of Topliss-reactive ketones (excluding diaryl/α,β-unsaturated/α-hetero) is 1. The summed E-state index contributed by atoms with van der Waals surface area (Å²) in [6.45, 7) is 10.7. The highest BCUT2D eigenvalue weighted by atomic mass is 16.5. The van der Waals surface area contributed by atoms with Crippen molar-refractivity contribution in [3.8, 4) is 0 Å². The molecule has 1 aromatic carbocycles. The van der Waals surface area contributed by atoms with Gasteiger partial charge in [0.15, 0.2) is 5.78 Å². The minimum Gasteiger partial charge on any atom is -0.375 e. The van der Waals surface area contributed by atoms with Crippen LogP contribution in [0.2, 0.25) is 0 Å². The number of carbonyl (C=O) groups is 1. The van der Waals surface area contributed by atoms with Crippen molar-refractivity contribution in [2.24, 2.45) is 0 Å². The molecule has 3 heteroatoms. The summed E-state index contributed by atoms with van der Waals surface area (Å²) >= 11 is 0. The third-order valence-electron chi connectivity index (χ3n) is 5.60. The van der Waals surface area contributed by atoms with Crippen molar-refractivity contribution >= 4 is 5.78 Å². The predicted octanol–water partition coefficient (Wildman–Crippen LogP) is 5.02. The molecule has 0 radical (unpaired) electrons. The largest absolute Gasteiger partial charge is 0.375 e. The average molecular weight is 346 g/mol. The average Bonchev–Trinajstić information content (AvgIpc) is 2.63. The molecule has 140 valence electrons. The van der Waals surface area contributed by atoms with Gasteiger partial charge in [-0.05, 0) is 51.1 Å². The summed E-state index contributed by atoms with van der Waals surface area (Å²) in [5, 5.41) is 0. The predicted molar refractivity (Wildman–Crippen MR) is 104 cm³/mol. The molecule has 1 aromatic rings. The Hall–Kier alpha value is -1.19. The SMILES string of the molecule is CCCCOC1(CCCC(=O)c2ccccc2C)CCN(CC)CC1. The van der Waals surface area contributed by atoms with Crippen LogP contribution in [0.1, 0.15) is 74.7 Å². The summed E-state index contributed by atoms with van der Waals surface area (Å²) in [5.74, 6) is 0.271. The van der Waals surface area contributed by atoms with Crippen molar-refractivity contribution < 1.29 is 9.53 Å². The van der Waals surface area contributed by atoms with Crippen LogP contribution in [0.5, 0.6) is 0 Å². The molecule has 3 nitrogen and oxygen atoms in total. The second kappa shape index (κ2) is 10.1. The van der Waals surface area contributed by atoms with Crippen molar-refractivity contribution in [1.29, 1.82) is 0 Å². The lowest BCUT2D eigenvalue weighted by molar-refractivity contribution is -0.0901. The van der Waals surface area contributed by atoms with Crippen molar-refractivity contribution in [2.75, 3.05) is 26.2 Å². The number of piperidine rings is 1. The molecular weight excluding hydrogens is 310 g/mol. The number of likely N-dealkylation sites (tertiary alicyclic amines) is 1. The first-order valence-corrected chi connectivity index (χ1v) is 10.1. The smallest absolute Gasteiger partial charge is 0.163 e. The number of hydrogen-bond donors (Lipinski definition) is 0. The van der Waals surface area contributed by atoms with Gasteiger partial charge in [-0.15, -0.1) is 0 Å². The van der Waals surface area contributed by atoms with Gasteiger partial charge in [0.1, 0.15) is 0 Å². The molecule has 0 aromatic heterocycles. The third kappa shape index (κ3) is 5.93. The van der Waals surface area contributed by atoms with E-state index in [1.165, 1.54) is 6.42 Å². The maximum Gasteiger partial charge on any atom is 0.163 e. The second-order valence-corrected chi connectivity index (χ2v) is 7.41. The summed E-state index contributed by atoms with van der Waals surface area (Å²) in [4.78, 5) is 15.0. The highest BCUT2D eigenvalue weighted by Gasteiger charge is 2.34. The molecule has 1 aliphatic rings. The van der Waals surface area contributed by atoms with E-state index in [4.69, 9.17) is 4.74 Å². The molecule has 2 rings (SSSR count). The first-order valence-electron chi connectivity index (χ1n) is 10.1. The second-order valence-electron chi connectivity index (χ2n) is 7.41. The van der Waals surface area contributed by atoms with Crippen LogP contribution in [0, 0.1) is 6.92 Å². The number of hydrogen-bond acceptors (Lipinski definition) is 3. The van der Waals surface area contributed by atoms with E-state index in [-0.39, 0.29) is 11.4 Å². The summed E-state index contributed by atoms with van der Waals surface area (Å²) in [6, 6.07) is 7.91. The van der Waals surface area contributed by atoms with Gasteiger partial charge < -0.3 is 9.64 Å². The summed E-state index contributed by atoms with van der Waals surface area (Å²) < 4.78 is 6.38. The lowest BCUT2D eigenvalue weighted by Gasteiger charge is -2.41. The van der Waals surface area contributed by atoms with Gasteiger partial charge >= 0.3 is 0 Å². The molecule has 0 N–H and O–H groups in total. The van der Waals surface area contributed by atoms with Crippen LogP contribution in [0.4, 0.5) is 0 Å². The molecule has 1 saturated heterocycles. The Kier molecular flexibility index (Phi) is 8.11. The van der Waals surface area contributed by atoms with Gasteiger partial charge in [0.2, 0.25) is 0 Å². The Labute approximate surface area is 153 Å². The van der Waals surface area contributed by atoms with Gasteiger partial charge in [0.05, 0.1) is 5.60 Å². The van der Waals surface area contributed by atoms with Gasteiger partial charge in [-0.2, -0.15) is 0 Å². The number of aryl methyl sites for hydroxylation is 1. The number of unbranched alkanes of at least 4 members (excludes halogenated alkanes) is 1. The van der Waals surface area contributed by atoms with E-state index >= 15 is 0 Å². The van der Waals surface area contributed by atoms with Crippen molar-refractivity contribution in [3.63, 3.8) is 0 Å². The molecule has 1 heterocycles. The van der Waals surface area contributed by atoms with Crippen LogP contribution in [0.3, 0.4) is 0 Å². The zero-order chi connectivity index (χ0) is 18.1. The molecule has 1 fully saturated rings. The van der Waals surface area contributed by atoms with Gasteiger partial charge in [-0.1, -0.05) is 44.5 Å². The Morgan fingerprint density at radius 2 is 1.88 bits per heavy atom. The van der Waals surface area contributed by atoms with Crippen LogP contribution in [-0.4, -0.2) is 42.5 Å². The fourth-order valence-corrected chi connectivity index (χ4v) is 3.77. The highest BCUT2D eigenvalue weighted by Crippen LogP contribution is 2.32. The van der Waals surface area contributed by atoms with Crippen molar-refractivity contribution in [3.05, 3.63) is 35.4 Å². The molecule has 0 bridgehead atoms. The Balaban J connectivity index is 1.89. The molecule has 0 aliphatic carbocycles. The van der Waals surface area contributed by atoms with E-state index < -0.39 is 0 Å². The molecule has 0 saturated carbocycles. The topological polar surface area (TPSA) is 29.5 Å². The number of benzene rings is 1. The number of nitrogens with zero attached hydrogens (tertiary/aromatic N) is 1. The standard InChI is InChI=1S/C22H35NO2/c1-4-6-18-25-22(14-16-23(5-2)17-15-22)13-9-12-21(24)20-11-8-7-10-19(20)3/h7-8,10-11H,4-6,9,12-18H2,1-3H3. The van der Waals surface area contributed by atoms with Crippen molar-refractivity contribution in [1.82, 2.24) is 4.90 Å². The molecular formula is C22H35NO2. The van der Waals surface area contributed by atoms with E-state index in [1.54, 1.807) is 0 Å². The van der Waals surface area contributed by atoms with E-state index in [9.17, 15) is 4.79 Å². The lowest BCUT2D eigenvalue weighted by atomic mass is 9.85. The van der Waals surface area contributed by atoms with E-state index in [2.05, 4.69) is 18.7 Å². The van der Waals surface area contributed by atoms with E-state index in [0.29, 0.717) is 6.42 Å². The van der Waals surface area contributed by atoms with Gasteiger partial charge in [0, 0.05) is 31.7 Å². The Bertz CT molecular complexity index is 527. The molecule has 0 amide bonds. The quantitative estimate of drug-likeness (QED) is 0.440. The van der Waals surface area contributed by atoms with Gasteiger partial charge in [-0.25, -0.2) is 0 Å². The first kappa shape index (κ1) is 20.1. The number of ketones is 1. The van der Waals surface area contributed by atoms with Crippen LogP contribution in [0.15, 0.2) is 24.3 Å². The molecule has 1 aliphatic heterocycles. The lowest BCUT2D eigenvalue weighted by Crippen LogP contribution is -2.46. The maximum absolute atomic E-state index is 12.5. The summed E-state index contributed by atoms with van der Waals surface area (Å²) in [7, 11) is 0. The van der Waals surface area contributed by atoms with Crippen LogP contribution >= 0.6 is 0 Å². The Morgan fingerprint density at radius 3 is 2.52 bits per heavy atom. The number of rotatable bonds is 10. The molecule has 0 atom stereocenters. The monoisotopic (exact) mass is 345 g/mol. The van der Waals surface area contributed by atoms with Crippen LogP contribution < -0.4 is 0 Å². The highest BCUT2D eigenvalue weighted by molar-refractivity contribution is 5.97. The Morgan fingerprint density at radius 1 is 1.16 bits per heavy atom. The molecule has 0 spiro atoms. The zero-order valence-electron chi connectivity index (χ0n) is 16.4. The van der Waals surface area contributed by atoms with Gasteiger partial charge in [0.25, 0.3) is 0 Å². The van der Waals surface area contributed by atoms with Crippen molar-refractivity contribution in [2.45, 2.75) is 71.3 Å².